The molecule has 0 unspecified atom stereocenters. The summed E-state index contributed by atoms with van der Waals surface area (Å²) in [6.07, 6.45) is 1.52. The molecule has 0 fully saturated rings. The van der Waals surface area contributed by atoms with Gasteiger partial charge in [0.2, 0.25) is 0 Å². The Kier molecular flexibility index (Phi) is 9.14. The van der Waals surface area contributed by atoms with Crippen molar-refractivity contribution in [3.63, 3.8) is 0 Å². The Bertz CT molecular complexity index is 233. The van der Waals surface area contributed by atoms with Crippen molar-refractivity contribution < 1.29 is 18.1 Å². The maximum absolute atomic E-state index is 12.3. The zero-order valence-corrected chi connectivity index (χ0v) is 13.5. The van der Waals surface area contributed by atoms with Crippen LogP contribution < -0.4 is 0 Å². The van der Waals surface area contributed by atoms with E-state index in [9.17, 15) is 4.57 Å². The second-order valence-corrected chi connectivity index (χ2v) is 7.25. The normalized spacial score (nSPS) is 12.9. The Hall–Kier alpha value is 0.110. The largest absolute Gasteiger partial charge is 0.475 e. The van der Waals surface area contributed by atoms with Gasteiger partial charge in [0.1, 0.15) is 0 Å². The van der Waals surface area contributed by atoms with E-state index in [4.69, 9.17) is 13.6 Å². The van der Waals surface area contributed by atoms with E-state index in [0.717, 1.165) is 12.8 Å². The Morgan fingerprint density at radius 2 is 1.22 bits per heavy atom. The summed E-state index contributed by atoms with van der Waals surface area (Å²) in [6.45, 7) is 12.8. The van der Waals surface area contributed by atoms with Gasteiger partial charge in [-0.25, -0.2) is 4.57 Å². The van der Waals surface area contributed by atoms with Crippen LogP contribution in [0.25, 0.3) is 0 Å². The van der Waals surface area contributed by atoms with Crippen molar-refractivity contribution in [2.45, 2.75) is 60.5 Å². The van der Waals surface area contributed by atoms with E-state index in [0.29, 0.717) is 25.0 Å². The summed E-state index contributed by atoms with van der Waals surface area (Å²) in [5, 5.41) is 0. The molecule has 0 N–H and O–H groups in total. The van der Waals surface area contributed by atoms with Crippen LogP contribution >= 0.6 is 7.82 Å². The lowest BCUT2D eigenvalue weighted by molar-refractivity contribution is 0.0852. The molecule has 4 nitrogen and oxygen atoms in total. The summed E-state index contributed by atoms with van der Waals surface area (Å²) in [6, 6.07) is 0. The highest BCUT2D eigenvalue weighted by Crippen LogP contribution is 2.50. The van der Waals surface area contributed by atoms with Gasteiger partial charge in [0.15, 0.2) is 0 Å². The van der Waals surface area contributed by atoms with Crippen LogP contribution in [0.15, 0.2) is 0 Å². The van der Waals surface area contributed by atoms with Crippen molar-refractivity contribution >= 4 is 7.82 Å². The minimum absolute atomic E-state index is 0.172. The summed E-state index contributed by atoms with van der Waals surface area (Å²) in [7, 11) is -3.39. The van der Waals surface area contributed by atoms with Gasteiger partial charge in [0.05, 0.1) is 19.3 Å². The van der Waals surface area contributed by atoms with Crippen LogP contribution in [-0.4, -0.2) is 19.3 Å². The predicted octanol–water partition coefficient (Wildman–Crippen LogP) is 4.64. The van der Waals surface area contributed by atoms with E-state index in [-0.39, 0.29) is 6.10 Å². The van der Waals surface area contributed by atoms with E-state index in [1.807, 2.05) is 13.8 Å². The van der Waals surface area contributed by atoms with E-state index in [1.165, 1.54) is 0 Å². The fourth-order valence-electron chi connectivity index (χ4n) is 1.16. The number of phosphoric ester groups is 1. The minimum Gasteiger partial charge on any atom is -0.287 e. The lowest BCUT2D eigenvalue weighted by atomic mass is 10.2. The molecular weight excluding hydrogens is 251 g/mol. The first-order valence-corrected chi connectivity index (χ1v) is 8.28. The molecule has 0 aromatic rings. The molecular formula is C13H29O4P. The summed E-state index contributed by atoms with van der Waals surface area (Å²) < 4.78 is 28.3. The Morgan fingerprint density at radius 1 is 0.833 bits per heavy atom. The first-order chi connectivity index (χ1) is 8.25. The highest BCUT2D eigenvalue weighted by molar-refractivity contribution is 7.48. The number of hydrogen-bond donors (Lipinski definition) is 0. The van der Waals surface area contributed by atoms with Crippen LogP contribution in [0, 0.1) is 11.8 Å². The van der Waals surface area contributed by atoms with Crippen molar-refractivity contribution in [3.8, 4) is 0 Å². The molecule has 0 rings (SSSR count). The second-order valence-electron chi connectivity index (χ2n) is 5.63. The van der Waals surface area contributed by atoms with E-state index < -0.39 is 7.82 Å². The summed E-state index contributed by atoms with van der Waals surface area (Å²) in [5.41, 5.74) is 0. The third-order valence-electron chi connectivity index (χ3n) is 2.23. The molecule has 0 heterocycles. The minimum atomic E-state index is -3.39. The molecule has 0 bridgehead atoms. The van der Waals surface area contributed by atoms with Gasteiger partial charge >= 0.3 is 7.82 Å². The van der Waals surface area contributed by atoms with Gasteiger partial charge in [-0.1, -0.05) is 27.7 Å². The lowest BCUT2D eigenvalue weighted by Crippen LogP contribution is -2.09. The van der Waals surface area contributed by atoms with Gasteiger partial charge in [-0.3, -0.25) is 13.6 Å². The van der Waals surface area contributed by atoms with Gasteiger partial charge < -0.3 is 0 Å². The standard InChI is InChI=1S/C13H29O4P/c1-11(2)7-9-15-18(14,17-13(5)6)16-10-8-12(3)4/h11-13H,7-10H2,1-6H3. The molecule has 0 saturated carbocycles. The first-order valence-electron chi connectivity index (χ1n) is 6.82. The van der Waals surface area contributed by atoms with E-state index in [2.05, 4.69) is 27.7 Å². The molecule has 0 aliphatic rings. The van der Waals surface area contributed by atoms with Gasteiger partial charge in [0, 0.05) is 0 Å². The third-order valence-corrected chi connectivity index (χ3v) is 3.91. The van der Waals surface area contributed by atoms with Gasteiger partial charge in [-0.05, 0) is 38.5 Å². The molecule has 0 aliphatic heterocycles. The smallest absolute Gasteiger partial charge is 0.287 e. The average Bonchev–Trinajstić information content (AvgIpc) is 2.14. The lowest BCUT2D eigenvalue weighted by Gasteiger charge is -2.20. The number of hydrogen-bond acceptors (Lipinski definition) is 4. The number of phosphoric acid groups is 1. The van der Waals surface area contributed by atoms with Crippen LogP contribution in [0.4, 0.5) is 0 Å². The highest BCUT2D eigenvalue weighted by Gasteiger charge is 2.28. The van der Waals surface area contributed by atoms with Crippen LogP contribution in [0.3, 0.4) is 0 Å². The number of rotatable bonds is 10. The molecule has 0 aromatic carbocycles. The molecule has 0 spiro atoms. The molecule has 0 aromatic heterocycles. The fourth-order valence-corrected chi connectivity index (χ4v) is 2.53. The topological polar surface area (TPSA) is 44.8 Å². The molecule has 0 aliphatic carbocycles. The fraction of sp³-hybridized carbons (Fsp3) is 1.00. The zero-order valence-electron chi connectivity index (χ0n) is 12.6. The first kappa shape index (κ1) is 18.1. The third kappa shape index (κ3) is 10.1. The van der Waals surface area contributed by atoms with Crippen molar-refractivity contribution in [3.05, 3.63) is 0 Å². The monoisotopic (exact) mass is 280 g/mol. The van der Waals surface area contributed by atoms with E-state index in [1.54, 1.807) is 0 Å². The maximum Gasteiger partial charge on any atom is 0.475 e. The van der Waals surface area contributed by atoms with Crippen LogP contribution in [0.2, 0.25) is 0 Å². The molecule has 5 heteroatoms. The molecule has 0 saturated heterocycles. The molecule has 18 heavy (non-hydrogen) atoms. The van der Waals surface area contributed by atoms with Crippen LogP contribution in [0.1, 0.15) is 54.4 Å². The SMILES string of the molecule is CC(C)CCOP(=O)(OCCC(C)C)OC(C)C. The summed E-state index contributed by atoms with van der Waals surface area (Å²) >= 11 is 0. The Morgan fingerprint density at radius 3 is 1.50 bits per heavy atom. The summed E-state index contributed by atoms with van der Waals surface area (Å²) in [4.78, 5) is 0. The van der Waals surface area contributed by atoms with Crippen molar-refractivity contribution in [1.29, 1.82) is 0 Å². The molecule has 0 radical (unpaired) electrons. The maximum atomic E-state index is 12.3. The second kappa shape index (κ2) is 9.08. The van der Waals surface area contributed by atoms with Crippen LogP contribution in [-0.2, 0) is 18.1 Å². The highest BCUT2D eigenvalue weighted by atomic mass is 31.2. The van der Waals surface area contributed by atoms with E-state index >= 15 is 0 Å². The zero-order chi connectivity index (χ0) is 14.2. The van der Waals surface area contributed by atoms with Gasteiger partial charge in [-0.15, -0.1) is 0 Å². The summed E-state index contributed by atoms with van der Waals surface area (Å²) in [5.74, 6) is 1.02. The van der Waals surface area contributed by atoms with Gasteiger partial charge in [-0.2, -0.15) is 0 Å². The van der Waals surface area contributed by atoms with Crippen molar-refractivity contribution in [2.24, 2.45) is 11.8 Å². The quantitative estimate of drug-likeness (QED) is 0.547. The van der Waals surface area contributed by atoms with Crippen molar-refractivity contribution in [2.75, 3.05) is 13.2 Å². The average molecular weight is 280 g/mol. The molecule has 0 atom stereocenters. The van der Waals surface area contributed by atoms with Crippen LogP contribution in [0.5, 0.6) is 0 Å². The molecule has 110 valence electrons. The van der Waals surface area contributed by atoms with Crippen molar-refractivity contribution in [1.82, 2.24) is 0 Å². The molecule has 0 amide bonds. The predicted molar refractivity (Wildman–Crippen MR) is 74.6 cm³/mol. The Balaban J connectivity index is 4.20. The Labute approximate surface area is 112 Å². The van der Waals surface area contributed by atoms with Gasteiger partial charge in [0.25, 0.3) is 0 Å².